The summed E-state index contributed by atoms with van der Waals surface area (Å²) < 4.78 is 1.63. The molecule has 1 fully saturated rings. The van der Waals surface area contributed by atoms with Gasteiger partial charge in [-0.05, 0) is 55.9 Å². The molecule has 1 aliphatic rings. The van der Waals surface area contributed by atoms with Gasteiger partial charge in [-0.3, -0.25) is 4.79 Å². The summed E-state index contributed by atoms with van der Waals surface area (Å²) in [6.07, 6.45) is 3.36. The summed E-state index contributed by atoms with van der Waals surface area (Å²) in [5.74, 6) is -0.142. The highest BCUT2D eigenvalue weighted by Gasteiger charge is 2.16. The highest BCUT2D eigenvalue weighted by molar-refractivity contribution is 6.04. The second-order valence-corrected chi connectivity index (χ2v) is 7.20. The minimum atomic E-state index is -0.142. The van der Waals surface area contributed by atoms with Crippen molar-refractivity contribution < 1.29 is 4.79 Å². The summed E-state index contributed by atoms with van der Waals surface area (Å²) >= 11 is 0. The van der Waals surface area contributed by atoms with Crippen molar-refractivity contribution in [1.29, 1.82) is 0 Å². The molecule has 144 valence electrons. The van der Waals surface area contributed by atoms with Crippen LogP contribution in [0.15, 0.2) is 54.9 Å². The topological polar surface area (TPSA) is 66.3 Å². The van der Waals surface area contributed by atoms with Gasteiger partial charge in [-0.2, -0.15) is 0 Å². The Balaban J connectivity index is 1.52. The van der Waals surface area contributed by atoms with Crippen molar-refractivity contribution in [1.82, 2.24) is 19.9 Å². The number of benzene rings is 2. The van der Waals surface area contributed by atoms with Crippen LogP contribution in [0.5, 0.6) is 0 Å². The molecular weight excluding hydrogens is 352 g/mol. The van der Waals surface area contributed by atoms with Gasteiger partial charge >= 0.3 is 0 Å². The van der Waals surface area contributed by atoms with Gasteiger partial charge in [-0.25, -0.2) is 4.68 Å². The molecule has 1 aliphatic heterocycles. The molecule has 28 heavy (non-hydrogen) atoms. The van der Waals surface area contributed by atoms with Crippen LogP contribution in [-0.4, -0.2) is 59.0 Å². The lowest BCUT2D eigenvalue weighted by Crippen LogP contribution is -2.44. The second-order valence-electron chi connectivity index (χ2n) is 7.20. The number of nitrogens with one attached hydrogen (secondary N) is 1. The molecule has 2 heterocycles. The number of aryl methyl sites for hydroxylation is 1. The van der Waals surface area contributed by atoms with Gasteiger partial charge in [0.25, 0.3) is 5.91 Å². The van der Waals surface area contributed by atoms with Gasteiger partial charge in [0.15, 0.2) is 0 Å². The van der Waals surface area contributed by atoms with Crippen LogP contribution in [0.1, 0.15) is 15.9 Å². The number of carbonyl (C=O) groups is 1. The van der Waals surface area contributed by atoms with Crippen molar-refractivity contribution in [2.75, 3.05) is 43.4 Å². The average molecular weight is 376 g/mol. The molecule has 0 atom stereocenters. The lowest BCUT2D eigenvalue weighted by atomic mass is 10.1. The van der Waals surface area contributed by atoms with Gasteiger partial charge in [-0.15, -0.1) is 5.10 Å². The molecule has 4 rings (SSSR count). The van der Waals surface area contributed by atoms with Crippen LogP contribution >= 0.6 is 0 Å². The lowest BCUT2D eigenvalue weighted by molar-refractivity contribution is 0.102. The number of hydrogen-bond acceptors (Lipinski definition) is 5. The van der Waals surface area contributed by atoms with Gasteiger partial charge in [0, 0.05) is 43.1 Å². The number of likely N-dealkylation sites (N-methyl/N-ethyl adjacent to an activating group) is 1. The van der Waals surface area contributed by atoms with Crippen LogP contribution in [0, 0.1) is 6.92 Å². The van der Waals surface area contributed by atoms with E-state index < -0.39 is 0 Å². The zero-order valence-electron chi connectivity index (χ0n) is 16.2. The maximum atomic E-state index is 12.8. The Bertz CT molecular complexity index is 961. The zero-order chi connectivity index (χ0) is 19.5. The third kappa shape index (κ3) is 4.04. The first-order chi connectivity index (χ1) is 13.6. The van der Waals surface area contributed by atoms with Crippen molar-refractivity contribution in [3.63, 3.8) is 0 Å². The summed E-state index contributed by atoms with van der Waals surface area (Å²) in [7, 11) is 2.15. The molecule has 1 amide bonds. The minimum absolute atomic E-state index is 0.142. The van der Waals surface area contributed by atoms with Crippen molar-refractivity contribution in [2.45, 2.75) is 6.92 Å². The number of nitrogens with zero attached hydrogens (tertiary/aromatic N) is 5. The van der Waals surface area contributed by atoms with E-state index in [4.69, 9.17) is 0 Å². The molecule has 0 unspecified atom stereocenters. The lowest BCUT2D eigenvalue weighted by Gasteiger charge is -2.34. The van der Waals surface area contributed by atoms with E-state index in [-0.39, 0.29) is 5.91 Å². The molecule has 1 aromatic heterocycles. The van der Waals surface area contributed by atoms with Gasteiger partial charge in [-0.1, -0.05) is 11.3 Å². The summed E-state index contributed by atoms with van der Waals surface area (Å²) in [4.78, 5) is 17.5. The predicted octanol–water partition coefficient (Wildman–Crippen LogP) is 2.58. The highest BCUT2D eigenvalue weighted by atomic mass is 16.1. The Morgan fingerprint density at radius 2 is 1.86 bits per heavy atom. The maximum absolute atomic E-state index is 12.8. The van der Waals surface area contributed by atoms with Crippen LogP contribution in [0.25, 0.3) is 5.69 Å². The molecular formula is C21H24N6O. The predicted molar refractivity (Wildman–Crippen MR) is 110 cm³/mol. The normalized spacial score (nSPS) is 14.9. The van der Waals surface area contributed by atoms with E-state index in [0.29, 0.717) is 5.56 Å². The van der Waals surface area contributed by atoms with Crippen LogP contribution in [0.4, 0.5) is 11.4 Å². The molecule has 1 saturated heterocycles. The van der Waals surface area contributed by atoms with Crippen molar-refractivity contribution in [3.05, 3.63) is 66.0 Å². The fourth-order valence-corrected chi connectivity index (χ4v) is 3.42. The Morgan fingerprint density at radius 3 is 2.61 bits per heavy atom. The molecule has 0 radical (unpaired) electrons. The molecule has 7 heteroatoms. The molecule has 0 spiro atoms. The first-order valence-corrected chi connectivity index (χ1v) is 9.42. The van der Waals surface area contributed by atoms with E-state index in [0.717, 1.165) is 48.8 Å². The van der Waals surface area contributed by atoms with Gasteiger partial charge in [0.1, 0.15) is 0 Å². The third-order valence-corrected chi connectivity index (χ3v) is 4.98. The largest absolute Gasteiger partial charge is 0.369 e. The number of amides is 1. The van der Waals surface area contributed by atoms with Crippen molar-refractivity contribution in [3.8, 4) is 5.69 Å². The zero-order valence-corrected chi connectivity index (χ0v) is 16.2. The van der Waals surface area contributed by atoms with E-state index in [1.54, 1.807) is 29.2 Å². The standard InChI is InChI=1S/C21H24N6O/c1-16-12-18(15-20(13-16)26-10-8-25(2)9-11-26)23-21(28)17-4-3-5-19(14-17)27-7-6-22-24-27/h3-7,12-15H,8-11H2,1-2H3,(H,23,28). The summed E-state index contributed by atoms with van der Waals surface area (Å²) in [6, 6.07) is 13.6. The van der Waals surface area contributed by atoms with Gasteiger partial charge < -0.3 is 15.1 Å². The average Bonchev–Trinajstić information content (AvgIpc) is 3.23. The monoisotopic (exact) mass is 376 g/mol. The Morgan fingerprint density at radius 1 is 1.04 bits per heavy atom. The Labute approximate surface area is 164 Å². The van der Waals surface area contributed by atoms with Crippen LogP contribution < -0.4 is 10.2 Å². The number of anilines is 2. The van der Waals surface area contributed by atoms with Gasteiger partial charge in [0.2, 0.25) is 0 Å². The summed E-state index contributed by atoms with van der Waals surface area (Å²) in [5, 5.41) is 10.8. The highest BCUT2D eigenvalue weighted by Crippen LogP contribution is 2.24. The minimum Gasteiger partial charge on any atom is -0.369 e. The van der Waals surface area contributed by atoms with E-state index >= 15 is 0 Å². The SMILES string of the molecule is Cc1cc(NC(=O)c2cccc(-n3ccnn3)c2)cc(N2CCN(C)CC2)c1. The Hall–Kier alpha value is -3.19. The van der Waals surface area contributed by atoms with E-state index in [9.17, 15) is 4.79 Å². The summed E-state index contributed by atoms with van der Waals surface area (Å²) in [5.41, 5.74) is 4.47. The van der Waals surface area contributed by atoms with Crippen LogP contribution in [-0.2, 0) is 0 Å². The fourth-order valence-electron chi connectivity index (χ4n) is 3.42. The smallest absolute Gasteiger partial charge is 0.255 e. The van der Waals surface area contributed by atoms with Crippen molar-refractivity contribution >= 4 is 17.3 Å². The number of rotatable bonds is 4. The molecule has 7 nitrogen and oxygen atoms in total. The van der Waals surface area contributed by atoms with E-state index in [1.165, 1.54) is 0 Å². The number of carbonyl (C=O) groups excluding carboxylic acids is 1. The summed E-state index contributed by atoms with van der Waals surface area (Å²) in [6.45, 7) is 6.14. The van der Waals surface area contributed by atoms with Crippen LogP contribution in [0.2, 0.25) is 0 Å². The number of hydrogen-bond donors (Lipinski definition) is 1. The first kappa shape index (κ1) is 18.2. The Kier molecular flexibility index (Phi) is 5.08. The molecule has 1 N–H and O–H groups in total. The van der Waals surface area contributed by atoms with Crippen LogP contribution in [0.3, 0.4) is 0 Å². The quantitative estimate of drug-likeness (QED) is 0.758. The third-order valence-electron chi connectivity index (χ3n) is 4.98. The molecule has 3 aromatic rings. The number of piperazine rings is 1. The second kappa shape index (κ2) is 7.82. The van der Waals surface area contributed by atoms with Crippen molar-refractivity contribution in [2.24, 2.45) is 0 Å². The molecule has 2 aromatic carbocycles. The fraction of sp³-hybridized carbons (Fsp3) is 0.286. The molecule has 0 bridgehead atoms. The van der Waals surface area contributed by atoms with Gasteiger partial charge in [0.05, 0.1) is 18.1 Å². The maximum Gasteiger partial charge on any atom is 0.255 e. The molecule has 0 aliphatic carbocycles. The first-order valence-electron chi connectivity index (χ1n) is 9.42. The van der Waals surface area contributed by atoms with E-state index in [2.05, 4.69) is 51.5 Å². The van der Waals surface area contributed by atoms with E-state index in [1.807, 2.05) is 18.2 Å². The molecule has 0 saturated carbocycles. The number of aromatic nitrogens is 3.